The topological polar surface area (TPSA) is 33.9 Å². The summed E-state index contributed by atoms with van der Waals surface area (Å²) in [4.78, 5) is 0. The van der Waals surface area contributed by atoms with Gasteiger partial charge in [0.25, 0.3) is 0 Å². The van der Waals surface area contributed by atoms with Gasteiger partial charge >= 0.3 is 0 Å². The van der Waals surface area contributed by atoms with Gasteiger partial charge in [-0.3, -0.25) is 5.32 Å². The SMILES string of the molecule is CC(C)(C)c1cccc(C2Nc3c(ccc4ccccc34)C(c3ccc(-n4c5ccccc5c5c(-c6cccc7c6c6ccccc6n7-c6ccccc6)cccc54)cc3)N2)c1. The molecule has 2 aromatic heterocycles. The minimum atomic E-state index is -0.0674. The van der Waals surface area contributed by atoms with Crippen LogP contribution in [0, 0.1) is 0 Å². The van der Waals surface area contributed by atoms with Gasteiger partial charge in [0, 0.05) is 44.0 Å². The summed E-state index contributed by atoms with van der Waals surface area (Å²) in [6, 6.07) is 73.6. The average Bonchev–Trinajstić information content (AvgIpc) is 3.85. The number of anilines is 1. The van der Waals surface area contributed by atoms with Gasteiger partial charge in [0.15, 0.2) is 0 Å². The zero-order valence-electron chi connectivity index (χ0n) is 35.1. The maximum absolute atomic E-state index is 4.04. The second-order valence-corrected chi connectivity index (χ2v) is 17.8. The fraction of sp³-hybridized carbons (Fsp3) is 0.103. The van der Waals surface area contributed by atoms with E-state index in [1.807, 2.05) is 0 Å². The van der Waals surface area contributed by atoms with Gasteiger partial charge in [-0.25, -0.2) is 0 Å². The summed E-state index contributed by atoms with van der Waals surface area (Å²) in [6.45, 7) is 6.85. The lowest BCUT2D eigenvalue weighted by molar-refractivity contribution is 0.505. The van der Waals surface area contributed by atoms with Gasteiger partial charge in [-0.2, -0.15) is 0 Å². The summed E-state index contributed by atoms with van der Waals surface area (Å²) in [6.07, 6.45) is -0.0674. The summed E-state index contributed by atoms with van der Waals surface area (Å²) in [5.41, 5.74) is 15.9. The van der Waals surface area contributed by atoms with Gasteiger partial charge < -0.3 is 14.5 Å². The van der Waals surface area contributed by atoms with E-state index >= 15 is 0 Å². The van der Waals surface area contributed by atoms with Crippen molar-refractivity contribution in [3.05, 3.63) is 222 Å². The first-order chi connectivity index (χ1) is 30.4. The smallest absolute Gasteiger partial charge is 0.104 e. The molecule has 4 nitrogen and oxygen atoms in total. The summed E-state index contributed by atoms with van der Waals surface area (Å²) in [7, 11) is 0. The second kappa shape index (κ2) is 14.1. The summed E-state index contributed by atoms with van der Waals surface area (Å²) in [5, 5.41) is 15.5. The van der Waals surface area contributed by atoms with Crippen LogP contribution in [0.1, 0.15) is 55.2 Å². The van der Waals surface area contributed by atoms with Gasteiger partial charge in [0.05, 0.1) is 28.1 Å². The second-order valence-electron chi connectivity index (χ2n) is 17.8. The fourth-order valence-corrected chi connectivity index (χ4v) is 10.2. The molecule has 9 aromatic carbocycles. The molecule has 12 rings (SSSR count). The lowest BCUT2D eigenvalue weighted by atomic mass is 9.85. The summed E-state index contributed by atoms with van der Waals surface area (Å²) < 4.78 is 4.85. The molecule has 0 radical (unpaired) electrons. The van der Waals surface area contributed by atoms with Crippen LogP contribution in [0.15, 0.2) is 200 Å². The molecule has 0 saturated carbocycles. The Labute approximate surface area is 361 Å². The molecular formula is C58H46N4. The van der Waals surface area contributed by atoms with Gasteiger partial charge in [-0.15, -0.1) is 0 Å². The van der Waals surface area contributed by atoms with E-state index in [9.17, 15) is 0 Å². The number of hydrogen-bond acceptors (Lipinski definition) is 2. The van der Waals surface area contributed by atoms with Crippen LogP contribution in [-0.4, -0.2) is 9.13 Å². The van der Waals surface area contributed by atoms with Gasteiger partial charge in [-0.05, 0) is 92.7 Å². The first-order valence-electron chi connectivity index (χ1n) is 21.8. The number of para-hydroxylation sites is 3. The number of benzene rings is 9. The van der Waals surface area contributed by atoms with Crippen LogP contribution in [0.5, 0.6) is 0 Å². The molecule has 1 aliphatic heterocycles. The Bertz CT molecular complexity index is 3510. The van der Waals surface area contributed by atoms with Crippen molar-refractivity contribution >= 4 is 60.1 Å². The van der Waals surface area contributed by atoms with Crippen molar-refractivity contribution in [1.82, 2.24) is 14.5 Å². The van der Waals surface area contributed by atoms with Crippen LogP contribution >= 0.6 is 0 Å². The third kappa shape index (κ3) is 5.71. The van der Waals surface area contributed by atoms with Crippen LogP contribution in [0.2, 0.25) is 0 Å². The maximum Gasteiger partial charge on any atom is 0.104 e. The van der Waals surface area contributed by atoms with E-state index in [2.05, 4.69) is 241 Å². The van der Waals surface area contributed by atoms with Crippen molar-refractivity contribution in [2.45, 2.75) is 38.4 Å². The van der Waals surface area contributed by atoms with E-state index in [-0.39, 0.29) is 17.6 Å². The van der Waals surface area contributed by atoms with Crippen LogP contribution < -0.4 is 10.6 Å². The monoisotopic (exact) mass is 798 g/mol. The third-order valence-corrected chi connectivity index (χ3v) is 13.2. The molecule has 62 heavy (non-hydrogen) atoms. The zero-order chi connectivity index (χ0) is 41.5. The van der Waals surface area contributed by atoms with Gasteiger partial charge in [-0.1, -0.05) is 172 Å². The minimum absolute atomic E-state index is 0.0172. The van der Waals surface area contributed by atoms with Crippen molar-refractivity contribution in [1.29, 1.82) is 0 Å². The molecule has 2 unspecified atom stereocenters. The first kappa shape index (κ1) is 36.5. The van der Waals surface area contributed by atoms with E-state index in [0.29, 0.717) is 0 Å². The normalized spacial score (nSPS) is 15.4. The van der Waals surface area contributed by atoms with Crippen molar-refractivity contribution in [2.75, 3.05) is 5.32 Å². The minimum Gasteiger partial charge on any atom is -0.365 e. The number of rotatable bonds is 5. The Balaban J connectivity index is 1.00. The largest absolute Gasteiger partial charge is 0.365 e. The first-order valence-corrected chi connectivity index (χ1v) is 21.8. The molecule has 298 valence electrons. The zero-order valence-corrected chi connectivity index (χ0v) is 35.1. The molecule has 2 N–H and O–H groups in total. The van der Waals surface area contributed by atoms with Crippen LogP contribution in [0.3, 0.4) is 0 Å². The molecule has 3 heterocycles. The predicted octanol–water partition coefficient (Wildman–Crippen LogP) is 14.8. The average molecular weight is 799 g/mol. The molecule has 4 heteroatoms. The highest BCUT2D eigenvalue weighted by atomic mass is 15.2. The lowest BCUT2D eigenvalue weighted by Gasteiger charge is -2.36. The Kier molecular flexibility index (Phi) is 8.28. The number of nitrogens with one attached hydrogen (secondary N) is 2. The van der Waals surface area contributed by atoms with E-state index in [4.69, 9.17) is 0 Å². The van der Waals surface area contributed by atoms with E-state index in [1.54, 1.807) is 0 Å². The van der Waals surface area contributed by atoms with Gasteiger partial charge in [0.2, 0.25) is 0 Å². The fourth-order valence-electron chi connectivity index (χ4n) is 10.2. The molecule has 0 saturated heterocycles. The highest BCUT2D eigenvalue weighted by molar-refractivity contribution is 6.22. The molecule has 1 aliphatic rings. The number of fused-ring (bicyclic) bond motifs is 9. The third-order valence-electron chi connectivity index (χ3n) is 13.2. The molecule has 0 bridgehead atoms. The summed E-state index contributed by atoms with van der Waals surface area (Å²) in [5.74, 6) is 0. The molecule has 2 atom stereocenters. The molecule has 0 spiro atoms. The van der Waals surface area contributed by atoms with Gasteiger partial charge in [0.1, 0.15) is 6.17 Å². The van der Waals surface area contributed by atoms with Crippen molar-refractivity contribution < 1.29 is 0 Å². The standard InChI is InChI=1S/C58H46N4/c1-58(2,3)40-18-13-17-39(36-40)57-59-55(48-35-32-37-16-7-8-21-43(37)56(48)60-57)38-30-33-42(34-31-38)62-50-27-12-10-23-47(50)54-45(25-15-29-52(54)62)44-24-14-28-51-53(44)46-22-9-11-26-49(46)61(51)41-19-5-4-6-20-41/h4-36,55,57,59-60H,1-3H3. The van der Waals surface area contributed by atoms with Crippen LogP contribution in [0.4, 0.5) is 5.69 Å². The Hall–Kier alpha value is -7.40. The van der Waals surface area contributed by atoms with E-state index in [1.165, 1.54) is 93.5 Å². The van der Waals surface area contributed by atoms with Crippen LogP contribution in [-0.2, 0) is 5.41 Å². The Morgan fingerprint density at radius 2 is 0.984 bits per heavy atom. The number of hydrogen-bond donors (Lipinski definition) is 2. The molecule has 11 aromatic rings. The highest BCUT2D eigenvalue weighted by Crippen LogP contribution is 2.45. The molecule has 0 fully saturated rings. The Morgan fingerprint density at radius 3 is 1.63 bits per heavy atom. The van der Waals surface area contributed by atoms with Crippen molar-refractivity contribution in [3.8, 4) is 22.5 Å². The molecule has 0 amide bonds. The Morgan fingerprint density at radius 1 is 0.435 bits per heavy atom. The number of nitrogens with zero attached hydrogens (tertiary/aromatic N) is 2. The maximum atomic E-state index is 4.04. The van der Waals surface area contributed by atoms with E-state index in [0.717, 1.165) is 11.4 Å². The van der Waals surface area contributed by atoms with Crippen molar-refractivity contribution in [2.24, 2.45) is 0 Å². The predicted molar refractivity (Wildman–Crippen MR) is 261 cm³/mol. The van der Waals surface area contributed by atoms with E-state index < -0.39 is 0 Å². The number of aromatic nitrogens is 2. The highest BCUT2D eigenvalue weighted by Gasteiger charge is 2.30. The molecular weight excluding hydrogens is 753 g/mol. The quantitative estimate of drug-likeness (QED) is 0.182. The summed E-state index contributed by atoms with van der Waals surface area (Å²) >= 11 is 0. The van der Waals surface area contributed by atoms with Crippen LogP contribution in [0.25, 0.3) is 76.9 Å². The van der Waals surface area contributed by atoms with Crippen molar-refractivity contribution in [3.63, 3.8) is 0 Å². The lowest BCUT2D eigenvalue weighted by Crippen LogP contribution is -2.37. The molecule has 0 aliphatic carbocycles.